The van der Waals surface area contributed by atoms with Crippen LogP contribution in [0.4, 0.5) is 5.69 Å². The van der Waals surface area contributed by atoms with E-state index < -0.39 is 0 Å². The Morgan fingerprint density at radius 1 is 1.29 bits per heavy atom. The van der Waals surface area contributed by atoms with Crippen molar-refractivity contribution in [2.45, 2.75) is 26.8 Å². The molecule has 21 heavy (non-hydrogen) atoms. The van der Waals surface area contributed by atoms with Crippen LogP contribution in [0.5, 0.6) is 0 Å². The fourth-order valence-corrected chi connectivity index (χ4v) is 3.51. The van der Waals surface area contributed by atoms with Gasteiger partial charge in [-0.1, -0.05) is 11.6 Å². The van der Waals surface area contributed by atoms with Gasteiger partial charge >= 0.3 is 0 Å². The van der Waals surface area contributed by atoms with Crippen molar-refractivity contribution in [3.63, 3.8) is 0 Å². The molecule has 5 heteroatoms. The molecule has 0 aliphatic heterocycles. The van der Waals surface area contributed by atoms with Gasteiger partial charge in [-0.05, 0) is 50.6 Å². The van der Waals surface area contributed by atoms with Gasteiger partial charge in [-0.2, -0.15) is 0 Å². The third-order valence-electron chi connectivity index (χ3n) is 3.37. The zero-order valence-electron chi connectivity index (χ0n) is 12.6. The second-order valence-corrected chi connectivity index (χ2v) is 6.88. The van der Waals surface area contributed by atoms with E-state index in [0.717, 1.165) is 5.69 Å². The lowest BCUT2D eigenvalue weighted by molar-refractivity contribution is 0.0963. The molecule has 0 fully saturated rings. The van der Waals surface area contributed by atoms with Crippen LogP contribution in [0.25, 0.3) is 0 Å². The lowest BCUT2D eigenvalue weighted by Crippen LogP contribution is -2.18. The van der Waals surface area contributed by atoms with Gasteiger partial charge in [0, 0.05) is 28.4 Å². The van der Waals surface area contributed by atoms with Gasteiger partial charge in [-0.15, -0.1) is 11.3 Å². The molecule has 1 heterocycles. The summed E-state index contributed by atoms with van der Waals surface area (Å²) in [7, 11) is 1.62. The SMILES string of the molecule is CNC(=O)c1ccc(Cl)c(NC(C)c2cc(C)sc2C)c1. The first kappa shape index (κ1) is 15.9. The summed E-state index contributed by atoms with van der Waals surface area (Å²) in [4.78, 5) is 14.3. The number of rotatable bonds is 4. The number of anilines is 1. The Kier molecular flexibility index (Phi) is 4.91. The van der Waals surface area contributed by atoms with Crippen LogP contribution in [0, 0.1) is 13.8 Å². The van der Waals surface area contributed by atoms with Crippen LogP contribution in [-0.2, 0) is 0 Å². The number of aryl methyl sites for hydroxylation is 2. The first-order valence-electron chi connectivity index (χ1n) is 6.77. The molecule has 1 aromatic heterocycles. The van der Waals surface area contributed by atoms with Gasteiger partial charge < -0.3 is 10.6 Å². The zero-order chi connectivity index (χ0) is 15.6. The molecule has 1 unspecified atom stereocenters. The molecule has 1 aromatic carbocycles. The molecule has 0 saturated heterocycles. The van der Waals surface area contributed by atoms with Crippen LogP contribution in [0.3, 0.4) is 0 Å². The monoisotopic (exact) mass is 322 g/mol. The quantitative estimate of drug-likeness (QED) is 0.867. The Labute approximate surface area is 134 Å². The van der Waals surface area contributed by atoms with Gasteiger partial charge in [0.15, 0.2) is 0 Å². The number of carbonyl (C=O) groups is 1. The smallest absolute Gasteiger partial charge is 0.251 e. The molecule has 2 aromatic rings. The molecule has 1 atom stereocenters. The van der Waals surface area contributed by atoms with Crippen molar-refractivity contribution < 1.29 is 4.79 Å². The van der Waals surface area contributed by atoms with Crippen LogP contribution in [0.1, 0.15) is 38.6 Å². The van der Waals surface area contributed by atoms with Crippen molar-refractivity contribution in [1.82, 2.24) is 5.32 Å². The lowest BCUT2D eigenvalue weighted by Gasteiger charge is -2.17. The Morgan fingerprint density at radius 3 is 2.57 bits per heavy atom. The van der Waals surface area contributed by atoms with Crippen molar-refractivity contribution in [2.24, 2.45) is 0 Å². The standard InChI is InChI=1S/C16H19ClN2OS/c1-9-7-13(11(3)21-9)10(2)19-15-8-12(16(20)18-4)5-6-14(15)17/h5-8,10,19H,1-4H3,(H,18,20). The highest BCUT2D eigenvalue weighted by molar-refractivity contribution is 7.12. The molecule has 0 aliphatic carbocycles. The second kappa shape index (κ2) is 6.50. The van der Waals surface area contributed by atoms with Gasteiger partial charge in [0.25, 0.3) is 5.91 Å². The molecule has 2 rings (SSSR count). The van der Waals surface area contributed by atoms with E-state index in [4.69, 9.17) is 11.6 Å². The van der Waals surface area contributed by atoms with E-state index in [0.29, 0.717) is 10.6 Å². The highest BCUT2D eigenvalue weighted by Crippen LogP contribution is 2.31. The number of carbonyl (C=O) groups excluding carboxylic acids is 1. The van der Waals surface area contributed by atoms with Crippen LogP contribution < -0.4 is 10.6 Å². The predicted octanol–water partition coefficient (Wildman–Crippen LogP) is 4.55. The Morgan fingerprint density at radius 2 is 2.00 bits per heavy atom. The minimum absolute atomic E-state index is 0.120. The molecule has 112 valence electrons. The first-order chi connectivity index (χ1) is 9.92. The third-order valence-corrected chi connectivity index (χ3v) is 4.68. The van der Waals surface area contributed by atoms with Crippen LogP contribution >= 0.6 is 22.9 Å². The molecule has 0 saturated carbocycles. The Balaban J connectivity index is 2.26. The summed E-state index contributed by atoms with van der Waals surface area (Å²) in [6.45, 7) is 6.32. The van der Waals surface area contributed by atoms with Crippen molar-refractivity contribution in [1.29, 1.82) is 0 Å². The maximum atomic E-state index is 11.7. The molecule has 0 aliphatic rings. The summed E-state index contributed by atoms with van der Waals surface area (Å²) in [5, 5.41) is 6.62. The van der Waals surface area contributed by atoms with Crippen molar-refractivity contribution in [3.05, 3.63) is 50.2 Å². The molecule has 3 nitrogen and oxygen atoms in total. The van der Waals surface area contributed by atoms with Crippen molar-refractivity contribution in [3.8, 4) is 0 Å². The van der Waals surface area contributed by atoms with Crippen LogP contribution in [0.2, 0.25) is 5.02 Å². The predicted molar refractivity (Wildman–Crippen MR) is 90.7 cm³/mol. The van der Waals surface area contributed by atoms with Gasteiger partial charge in [0.1, 0.15) is 0 Å². The highest BCUT2D eigenvalue weighted by Gasteiger charge is 2.14. The first-order valence-corrected chi connectivity index (χ1v) is 7.97. The third kappa shape index (κ3) is 3.57. The van der Waals surface area contributed by atoms with Gasteiger partial charge in [0.2, 0.25) is 0 Å². The Hall–Kier alpha value is -1.52. The van der Waals surface area contributed by atoms with Gasteiger partial charge in [0.05, 0.1) is 10.7 Å². The molecular formula is C16H19ClN2OS. The average Bonchev–Trinajstić information content (AvgIpc) is 2.79. The van der Waals surface area contributed by atoms with E-state index in [9.17, 15) is 4.79 Å². The van der Waals surface area contributed by atoms with Gasteiger partial charge in [-0.3, -0.25) is 4.79 Å². The molecule has 0 spiro atoms. The largest absolute Gasteiger partial charge is 0.377 e. The summed E-state index contributed by atoms with van der Waals surface area (Å²) < 4.78 is 0. The van der Waals surface area contributed by atoms with E-state index >= 15 is 0 Å². The van der Waals surface area contributed by atoms with E-state index in [-0.39, 0.29) is 11.9 Å². The van der Waals surface area contributed by atoms with Crippen LogP contribution in [-0.4, -0.2) is 13.0 Å². The highest BCUT2D eigenvalue weighted by atomic mass is 35.5. The zero-order valence-corrected chi connectivity index (χ0v) is 14.2. The minimum Gasteiger partial charge on any atom is -0.377 e. The maximum Gasteiger partial charge on any atom is 0.251 e. The maximum absolute atomic E-state index is 11.7. The topological polar surface area (TPSA) is 41.1 Å². The van der Waals surface area contributed by atoms with Crippen molar-refractivity contribution in [2.75, 3.05) is 12.4 Å². The molecular weight excluding hydrogens is 304 g/mol. The summed E-state index contributed by atoms with van der Waals surface area (Å²) in [6.07, 6.45) is 0. The number of nitrogens with one attached hydrogen (secondary N) is 2. The number of hydrogen-bond acceptors (Lipinski definition) is 3. The summed E-state index contributed by atoms with van der Waals surface area (Å²) in [5.41, 5.74) is 2.63. The Bertz CT molecular complexity index is 666. The van der Waals surface area contributed by atoms with E-state index in [1.165, 1.54) is 15.3 Å². The van der Waals surface area contributed by atoms with Crippen molar-refractivity contribution >= 4 is 34.5 Å². The number of halogens is 1. The van der Waals surface area contributed by atoms with E-state index in [2.05, 4.69) is 37.5 Å². The molecule has 0 bridgehead atoms. The van der Waals surface area contributed by atoms with E-state index in [1.54, 1.807) is 36.6 Å². The average molecular weight is 323 g/mol. The normalized spacial score (nSPS) is 12.0. The number of amides is 1. The summed E-state index contributed by atoms with van der Waals surface area (Å²) in [5.74, 6) is -0.120. The number of benzene rings is 1. The summed E-state index contributed by atoms with van der Waals surface area (Å²) in [6, 6.07) is 7.57. The van der Waals surface area contributed by atoms with Crippen LogP contribution in [0.15, 0.2) is 24.3 Å². The molecule has 2 N–H and O–H groups in total. The number of thiophene rings is 1. The lowest BCUT2D eigenvalue weighted by atomic mass is 10.1. The summed E-state index contributed by atoms with van der Waals surface area (Å²) >= 11 is 8.02. The fraction of sp³-hybridized carbons (Fsp3) is 0.312. The molecule has 0 radical (unpaired) electrons. The fourth-order valence-electron chi connectivity index (χ4n) is 2.31. The van der Waals surface area contributed by atoms with Gasteiger partial charge in [-0.25, -0.2) is 0 Å². The van der Waals surface area contributed by atoms with E-state index in [1.807, 2.05) is 0 Å². The molecule has 1 amide bonds. The number of hydrogen-bond donors (Lipinski definition) is 2. The second-order valence-electron chi connectivity index (χ2n) is 5.01. The minimum atomic E-state index is -0.120.